The summed E-state index contributed by atoms with van der Waals surface area (Å²) in [6.07, 6.45) is 6.06. The van der Waals surface area contributed by atoms with Crippen molar-refractivity contribution in [3.05, 3.63) is 11.5 Å². The van der Waals surface area contributed by atoms with Crippen LogP contribution in [-0.2, 0) is 9.47 Å². The normalized spacial score (nSPS) is 27.9. The molecule has 166 valence electrons. The van der Waals surface area contributed by atoms with Gasteiger partial charge >= 0.3 is 0 Å². The highest BCUT2D eigenvalue weighted by atomic mass is 35.5. The molecule has 2 fully saturated rings. The largest absolute Gasteiger partial charge is 0.393 e. The lowest BCUT2D eigenvalue weighted by atomic mass is 10.1. The average molecular weight is 460 g/mol. The molecule has 1 saturated heterocycles. The lowest BCUT2D eigenvalue weighted by Gasteiger charge is -2.20. The van der Waals surface area contributed by atoms with Crippen molar-refractivity contribution in [1.29, 1.82) is 0 Å². The molecule has 10 nitrogen and oxygen atoms in total. The minimum Gasteiger partial charge on any atom is -0.393 e. The van der Waals surface area contributed by atoms with E-state index in [-0.39, 0.29) is 24.2 Å². The summed E-state index contributed by atoms with van der Waals surface area (Å²) in [5.74, 6) is 0.272. The van der Waals surface area contributed by atoms with Crippen molar-refractivity contribution >= 4 is 36.8 Å². The van der Waals surface area contributed by atoms with Crippen LogP contribution in [0.3, 0.4) is 0 Å². The van der Waals surface area contributed by atoms with Crippen LogP contribution in [0, 0.1) is 5.92 Å². The lowest BCUT2D eigenvalue weighted by Crippen LogP contribution is -2.23. The van der Waals surface area contributed by atoms with E-state index in [0.717, 1.165) is 11.8 Å². The summed E-state index contributed by atoms with van der Waals surface area (Å²) >= 11 is 6.21. The van der Waals surface area contributed by atoms with Crippen LogP contribution < -0.4 is 5.32 Å². The number of hydrogen-bond donors (Lipinski definition) is 4. The van der Waals surface area contributed by atoms with Crippen molar-refractivity contribution in [2.24, 2.45) is 5.92 Å². The number of anilines is 1. The summed E-state index contributed by atoms with van der Waals surface area (Å²) in [6.45, 7) is 1.94. The van der Waals surface area contributed by atoms with Crippen LogP contribution in [-0.4, -0.2) is 65.8 Å². The summed E-state index contributed by atoms with van der Waals surface area (Å²) in [5, 5.41) is 18.1. The number of nitrogens with zero attached hydrogens (tertiary/aromatic N) is 4. The fraction of sp³-hybridized carbons (Fsp3) is 0.722. The van der Waals surface area contributed by atoms with Crippen molar-refractivity contribution in [2.45, 2.75) is 63.2 Å². The van der Waals surface area contributed by atoms with Gasteiger partial charge in [-0.25, -0.2) is 4.68 Å². The second-order valence-corrected chi connectivity index (χ2v) is 9.46. The van der Waals surface area contributed by atoms with E-state index in [9.17, 15) is 9.79 Å². The third-order valence-corrected chi connectivity index (χ3v) is 6.85. The molecule has 30 heavy (non-hydrogen) atoms. The highest BCUT2D eigenvalue weighted by Gasteiger charge is 2.31. The van der Waals surface area contributed by atoms with Crippen LogP contribution in [0.4, 0.5) is 5.82 Å². The number of nitrogens with one attached hydrogen (secondary N) is 1. The van der Waals surface area contributed by atoms with Gasteiger partial charge in [0, 0.05) is 6.04 Å². The highest BCUT2D eigenvalue weighted by molar-refractivity contribution is 7.45. The molecule has 0 bridgehead atoms. The number of rotatable bonds is 8. The summed E-state index contributed by atoms with van der Waals surface area (Å²) in [5.41, 5.74) is 0.609. The SMILES string of the molecule is CC1CCCC1Nc1nc(Cl)nc2c1cnn2C1CCC(COC(CO)P(O)O)O1. The maximum atomic E-state index is 9.22. The summed E-state index contributed by atoms with van der Waals surface area (Å²) in [7, 11) is -2.36. The Labute approximate surface area is 180 Å². The van der Waals surface area contributed by atoms with Crippen LogP contribution in [0.2, 0.25) is 5.28 Å². The van der Waals surface area contributed by atoms with E-state index in [1.54, 1.807) is 10.9 Å². The Kier molecular flexibility index (Phi) is 7.04. The first-order valence-corrected chi connectivity index (χ1v) is 11.9. The topological polar surface area (TPSA) is 135 Å². The third-order valence-electron chi connectivity index (χ3n) is 5.86. The molecular formula is C18H27ClN5O5P. The molecule has 1 saturated carbocycles. The molecule has 0 aromatic carbocycles. The van der Waals surface area contributed by atoms with Gasteiger partial charge in [-0.05, 0) is 43.2 Å². The number of halogens is 1. The quantitative estimate of drug-likeness (QED) is 0.346. The Hall–Kier alpha value is -1.13. The molecule has 5 atom stereocenters. The van der Waals surface area contributed by atoms with Gasteiger partial charge in [0.1, 0.15) is 11.7 Å². The Morgan fingerprint density at radius 2 is 2.17 bits per heavy atom. The number of hydrogen-bond acceptors (Lipinski definition) is 9. The molecule has 2 aliphatic rings. The zero-order chi connectivity index (χ0) is 21.3. The average Bonchev–Trinajstić information content (AvgIpc) is 3.42. The van der Waals surface area contributed by atoms with Gasteiger partial charge in [0.15, 0.2) is 20.3 Å². The fourth-order valence-corrected chi connectivity index (χ4v) is 4.69. The van der Waals surface area contributed by atoms with Crippen LogP contribution in [0.15, 0.2) is 6.20 Å². The van der Waals surface area contributed by atoms with Crippen LogP contribution >= 0.6 is 20.0 Å². The zero-order valence-electron chi connectivity index (χ0n) is 16.7. The Morgan fingerprint density at radius 1 is 1.33 bits per heavy atom. The Bertz CT molecular complexity index is 871. The maximum absolute atomic E-state index is 9.22. The third kappa shape index (κ3) is 4.70. The number of fused-ring (bicyclic) bond motifs is 1. The number of aromatic nitrogens is 4. The van der Waals surface area contributed by atoms with Gasteiger partial charge in [0.05, 0.1) is 30.9 Å². The molecule has 0 radical (unpaired) electrons. The molecule has 2 aromatic rings. The maximum Gasteiger partial charge on any atom is 0.226 e. The van der Waals surface area contributed by atoms with Gasteiger partial charge in [-0.3, -0.25) is 0 Å². The minimum absolute atomic E-state index is 0.153. The first-order chi connectivity index (χ1) is 14.5. The van der Waals surface area contributed by atoms with E-state index in [0.29, 0.717) is 36.3 Å². The van der Waals surface area contributed by atoms with Gasteiger partial charge in [0.25, 0.3) is 0 Å². The van der Waals surface area contributed by atoms with Gasteiger partial charge in [-0.1, -0.05) is 13.3 Å². The van der Waals surface area contributed by atoms with E-state index in [4.69, 9.17) is 26.2 Å². The molecule has 4 rings (SSSR count). The van der Waals surface area contributed by atoms with Crippen molar-refractivity contribution < 1.29 is 24.4 Å². The van der Waals surface area contributed by atoms with Crippen LogP contribution in [0.5, 0.6) is 0 Å². The van der Waals surface area contributed by atoms with Gasteiger partial charge in [0.2, 0.25) is 5.28 Å². The first-order valence-electron chi connectivity index (χ1n) is 10.2. The Morgan fingerprint density at radius 3 is 2.87 bits per heavy atom. The van der Waals surface area contributed by atoms with Gasteiger partial charge < -0.3 is 29.7 Å². The van der Waals surface area contributed by atoms with E-state index < -0.39 is 20.8 Å². The molecule has 4 N–H and O–H groups in total. The van der Waals surface area contributed by atoms with E-state index in [2.05, 4.69) is 27.3 Å². The predicted molar refractivity (Wildman–Crippen MR) is 112 cm³/mol. The monoisotopic (exact) mass is 459 g/mol. The van der Waals surface area contributed by atoms with Crippen molar-refractivity contribution in [3.8, 4) is 0 Å². The predicted octanol–water partition coefficient (Wildman–Crippen LogP) is 2.39. The molecular weight excluding hydrogens is 433 g/mol. The smallest absolute Gasteiger partial charge is 0.226 e. The second kappa shape index (κ2) is 9.56. The molecule has 0 amide bonds. The minimum atomic E-state index is -2.36. The standard InChI is InChI=1S/C18H27ClN5O5P/c1-10-3-2-4-13(10)21-16-12-7-20-24(17(12)23-18(19)22-16)14-6-5-11(29-14)9-28-15(8-25)30(26)27/h7,10-11,13-15,25-27H,2-6,8-9H2,1H3,(H,21,22,23). The molecule has 1 aliphatic heterocycles. The molecule has 1 aliphatic carbocycles. The number of ether oxygens (including phenoxy) is 2. The summed E-state index contributed by atoms with van der Waals surface area (Å²) in [6, 6.07) is 0.356. The van der Waals surface area contributed by atoms with E-state index in [1.807, 2.05) is 0 Å². The van der Waals surface area contributed by atoms with Crippen molar-refractivity contribution in [1.82, 2.24) is 19.7 Å². The summed E-state index contributed by atoms with van der Waals surface area (Å²) < 4.78 is 13.1. The second-order valence-electron chi connectivity index (χ2n) is 7.91. The van der Waals surface area contributed by atoms with Gasteiger partial charge in [-0.2, -0.15) is 15.1 Å². The Balaban J connectivity index is 1.47. The van der Waals surface area contributed by atoms with Crippen LogP contribution in [0.25, 0.3) is 11.0 Å². The first kappa shape index (κ1) is 22.1. The van der Waals surface area contributed by atoms with E-state index in [1.165, 1.54) is 12.8 Å². The number of aliphatic hydroxyl groups is 1. The molecule has 0 spiro atoms. The van der Waals surface area contributed by atoms with Gasteiger partial charge in [-0.15, -0.1) is 0 Å². The fourth-order valence-electron chi connectivity index (χ4n) is 4.16. The highest BCUT2D eigenvalue weighted by Crippen LogP contribution is 2.35. The molecule has 12 heteroatoms. The lowest BCUT2D eigenvalue weighted by molar-refractivity contribution is -0.0575. The molecule has 5 unspecified atom stereocenters. The van der Waals surface area contributed by atoms with E-state index >= 15 is 0 Å². The van der Waals surface area contributed by atoms with Crippen molar-refractivity contribution in [3.63, 3.8) is 0 Å². The zero-order valence-corrected chi connectivity index (χ0v) is 18.3. The summed E-state index contributed by atoms with van der Waals surface area (Å²) in [4.78, 5) is 27.2. The van der Waals surface area contributed by atoms with Crippen LogP contribution in [0.1, 0.15) is 45.3 Å². The molecule has 3 heterocycles. The molecule has 2 aromatic heterocycles. The van der Waals surface area contributed by atoms with Crippen molar-refractivity contribution in [2.75, 3.05) is 18.5 Å². The number of aliphatic hydroxyl groups excluding tert-OH is 1.